The molecule has 0 radical (unpaired) electrons. The molecule has 0 aliphatic heterocycles. The van der Waals surface area contributed by atoms with Gasteiger partial charge in [0.25, 0.3) is 0 Å². The van der Waals surface area contributed by atoms with E-state index in [2.05, 4.69) is 22.2 Å². The number of hydrogen-bond acceptors (Lipinski definition) is 4. The van der Waals surface area contributed by atoms with E-state index < -0.39 is 0 Å². The van der Waals surface area contributed by atoms with Crippen LogP contribution in [0.25, 0.3) is 0 Å². The third kappa shape index (κ3) is 2.38. The summed E-state index contributed by atoms with van der Waals surface area (Å²) in [7, 11) is 1.60. The number of hydrogen-bond donors (Lipinski definition) is 1. The summed E-state index contributed by atoms with van der Waals surface area (Å²) in [5.41, 5.74) is 0. The summed E-state index contributed by atoms with van der Waals surface area (Å²) in [5, 5.41) is 3.07. The number of aromatic nitrogens is 2. The quantitative estimate of drug-likeness (QED) is 0.734. The predicted octanol–water partition coefficient (Wildman–Crippen LogP) is 1.31. The summed E-state index contributed by atoms with van der Waals surface area (Å²) in [6.45, 7) is 2.99. The van der Waals surface area contributed by atoms with Crippen LogP contribution < -0.4 is 10.1 Å². The lowest BCUT2D eigenvalue weighted by Crippen LogP contribution is -2.03. The predicted molar refractivity (Wildman–Crippen MR) is 47.4 cm³/mol. The van der Waals surface area contributed by atoms with Gasteiger partial charge in [0.2, 0.25) is 5.95 Å². The Morgan fingerprint density at radius 1 is 1.42 bits per heavy atom. The zero-order chi connectivity index (χ0) is 8.81. The fourth-order valence-electron chi connectivity index (χ4n) is 0.750. The second-order valence-corrected chi connectivity index (χ2v) is 2.37. The summed E-state index contributed by atoms with van der Waals surface area (Å²) >= 11 is 0. The van der Waals surface area contributed by atoms with Gasteiger partial charge in [0.15, 0.2) is 5.75 Å². The Kier molecular flexibility index (Phi) is 3.32. The molecule has 0 spiro atoms. The van der Waals surface area contributed by atoms with Crippen molar-refractivity contribution in [2.45, 2.75) is 13.3 Å². The van der Waals surface area contributed by atoms with Crippen LogP contribution in [0.1, 0.15) is 13.3 Å². The fourth-order valence-corrected chi connectivity index (χ4v) is 0.750. The molecule has 12 heavy (non-hydrogen) atoms. The van der Waals surface area contributed by atoms with Gasteiger partial charge in [-0.15, -0.1) is 0 Å². The van der Waals surface area contributed by atoms with Gasteiger partial charge in [-0.3, -0.25) is 0 Å². The molecule has 0 fully saturated rings. The summed E-state index contributed by atoms with van der Waals surface area (Å²) in [5.74, 6) is 1.33. The van der Waals surface area contributed by atoms with Gasteiger partial charge in [-0.1, -0.05) is 6.92 Å². The summed E-state index contributed by atoms with van der Waals surface area (Å²) in [6, 6.07) is 0. The SMILES string of the molecule is CCCNc1ncc(OC)cn1. The molecule has 1 N–H and O–H groups in total. The van der Waals surface area contributed by atoms with E-state index in [-0.39, 0.29) is 0 Å². The standard InChI is InChI=1S/C8H13N3O/c1-3-4-9-8-10-5-7(12-2)6-11-8/h5-6H,3-4H2,1-2H3,(H,9,10,11). The normalized spacial score (nSPS) is 9.50. The van der Waals surface area contributed by atoms with Gasteiger partial charge in [0.05, 0.1) is 19.5 Å². The zero-order valence-electron chi connectivity index (χ0n) is 7.37. The molecule has 0 unspecified atom stereocenters. The van der Waals surface area contributed by atoms with Crippen LogP contribution >= 0.6 is 0 Å². The van der Waals surface area contributed by atoms with Crippen LogP contribution in [0, 0.1) is 0 Å². The maximum absolute atomic E-state index is 4.92. The monoisotopic (exact) mass is 167 g/mol. The van der Waals surface area contributed by atoms with E-state index >= 15 is 0 Å². The smallest absolute Gasteiger partial charge is 0.222 e. The lowest BCUT2D eigenvalue weighted by atomic mass is 10.5. The van der Waals surface area contributed by atoms with Crippen molar-refractivity contribution in [1.82, 2.24) is 9.97 Å². The van der Waals surface area contributed by atoms with E-state index in [1.54, 1.807) is 19.5 Å². The number of nitrogens with zero attached hydrogens (tertiary/aromatic N) is 2. The van der Waals surface area contributed by atoms with E-state index in [1.807, 2.05) is 0 Å². The van der Waals surface area contributed by atoms with E-state index in [0.717, 1.165) is 13.0 Å². The molecule has 1 heterocycles. The Hall–Kier alpha value is -1.32. The molecular formula is C8H13N3O. The molecule has 4 heteroatoms. The summed E-state index contributed by atoms with van der Waals surface area (Å²) in [4.78, 5) is 8.08. The molecule has 1 aromatic rings. The maximum atomic E-state index is 4.92. The molecule has 1 rings (SSSR count). The second-order valence-electron chi connectivity index (χ2n) is 2.37. The van der Waals surface area contributed by atoms with Gasteiger partial charge < -0.3 is 10.1 Å². The maximum Gasteiger partial charge on any atom is 0.222 e. The molecule has 66 valence electrons. The highest BCUT2D eigenvalue weighted by molar-refractivity contribution is 5.26. The van der Waals surface area contributed by atoms with Crippen molar-refractivity contribution in [3.8, 4) is 5.75 Å². The Balaban J connectivity index is 2.53. The van der Waals surface area contributed by atoms with E-state index in [9.17, 15) is 0 Å². The largest absolute Gasteiger partial charge is 0.494 e. The number of methoxy groups -OCH3 is 1. The van der Waals surface area contributed by atoms with Crippen LogP contribution in [0.5, 0.6) is 5.75 Å². The Labute approximate surface area is 72.0 Å². The highest BCUT2D eigenvalue weighted by atomic mass is 16.5. The number of ether oxygens (including phenoxy) is 1. The molecule has 4 nitrogen and oxygen atoms in total. The molecule has 0 amide bonds. The van der Waals surface area contributed by atoms with Crippen molar-refractivity contribution in [2.75, 3.05) is 19.0 Å². The zero-order valence-corrected chi connectivity index (χ0v) is 7.37. The number of nitrogens with one attached hydrogen (secondary N) is 1. The molecule has 0 bridgehead atoms. The van der Waals surface area contributed by atoms with Crippen molar-refractivity contribution in [3.05, 3.63) is 12.4 Å². The summed E-state index contributed by atoms with van der Waals surface area (Å²) < 4.78 is 4.92. The average molecular weight is 167 g/mol. The van der Waals surface area contributed by atoms with Crippen molar-refractivity contribution < 1.29 is 4.74 Å². The lowest BCUT2D eigenvalue weighted by Gasteiger charge is -2.02. The topological polar surface area (TPSA) is 47.0 Å². The van der Waals surface area contributed by atoms with Crippen LogP contribution in [-0.2, 0) is 0 Å². The molecular weight excluding hydrogens is 154 g/mol. The number of anilines is 1. The minimum absolute atomic E-state index is 0.651. The Morgan fingerprint density at radius 3 is 2.58 bits per heavy atom. The highest BCUT2D eigenvalue weighted by Gasteiger charge is 1.94. The van der Waals surface area contributed by atoms with Crippen LogP contribution in [-0.4, -0.2) is 23.6 Å². The molecule has 0 saturated carbocycles. The molecule has 0 aliphatic rings. The van der Waals surface area contributed by atoms with Crippen molar-refractivity contribution in [2.24, 2.45) is 0 Å². The minimum atomic E-state index is 0.651. The second kappa shape index (κ2) is 4.54. The van der Waals surface area contributed by atoms with Gasteiger partial charge >= 0.3 is 0 Å². The van der Waals surface area contributed by atoms with Gasteiger partial charge in [-0.05, 0) is 6.42 Å². The Morgan fingerprint density at radius 2 is 2.08 bits per heavy atom. The van der Waals surface area contributed by atoms with E-state index in [1.165, 1.54) is 0 Å². The van der Waals surface area contributed by atoms with Gasteiger partial charge in [0.1, 0.15) is 0 Å². The molecule has 0 aromatic carbocycles. The molecule has 0 atom stereocenters. The first-order valence-corrected chi connectivity index (χ1v) is 3.96. The van der Waals surface area contributed by atoms with E-state index in [0.29, 0.717) is 11.7 Å². The van der Waals surface area contributed by atoms with E-state index in [4.69, 9.17) is 4.74 Å². The molecule has 1 aromatic heterocycles. The van der Waals surface area contributed by atoms with Gasteiger partial charge in [-0.2, -0.15) is 0 Å². The number of rotatable bonds is 4. The van der Waals surface area contributed by atoms with Crippen LogP contribution in [0.2, 0.25) is 0 Å². The highest BCUT2D eigenvalue weighted by Crippen LogP contribution is 2.06. The van der Waals surface area contributed by atoms with Crippen molar-refractivity contribution in [1.29, 1.82) is 0 Å². The van der Waals surface area contributed by atoms with Crippen LogP contribution in [0.4, 0.5) is 5.95 Å². The van der Waals surface area contributed by atoms with Crippen molar-refractivity contribution >= 4 is 5.95 Å². The van der Waals surface area contributed by atoms with Gasteiger partial charge in [0, 0.05) is 6.54 Å². The Bertz CT molecular complexity index is 222. The summed E-state index contributed by atoms with van der Waals surface area (Å²) in [6.07, 6.45) is 4.35. The minimum Gasteiger partial charge on any atom is -0.494 e. The van der Waals surface area contributed by atoms with Crippen molar-refractivity contribution in [3.63, 3.8) is 0 Å². The van der Waals surface area contributed by atoms with Crippen LogP contribution in [0.15, 0.2) is 12.4 Å². The fraction of sp³-hybridized carbons (Fsp3) is 0.500. The first kappa shape index (κ1) is 8.77. The molecule has 0 saturated heterocycles. The third-order valence-electron chi connectivity index (χ3n) is 1.40. The average Bonchev–Trinajstić information content (AvgIpc) is 2.15. The molecule has 0 aliphatic carbocycles. The first-order valence-electron chi connectivity index (χ1n) is 3.96. The van der Waals surface area contributed by atoms with Gasteiger partial charge in [-0.25, -0.2) is 9.97 Å². The van der Waals surface area contributed by atoms with Crippen LogP contribution in [0.3, 0.4) is 0 Å². The third-order valence-corrected chi connectivity index (χ3v) is 1.40. The first-order chi connectivity index (χ1) is 5.86. The lowest BCUT2D eigenvalue weighted by molar-refractivity contribution is 0.411.